The number of hydrogen-bond acceptors (Lipinski definition) is 7. The second-order valence-electron chi connectivity index (χ2n) is 11.7. The number of allylic oxidation sites excluding steroid dienone is 1. The zero-order valence-corrected chi connectivity index (χ0v) is 23.9. The standard InChI is InChI=1S/C36H31NO6/c1-41-32-14-20(4-9-29(32)39)36-30(40)16-24-26-15-25-21(18-3-8-27-19(13-18)11-12-37-27)5-6-22-28(38)10-7-23(34(22)25)35(26)33(42-2)17-31(24)43-36/h3-11,13-14,17,21,25,30,36,38-40H,12,15-16H2,1-2H3/t21-,25-,30+,36+/m0/s1. The number of aliphatic hydroxyl groups excluding tert-OH is 1. The van der Waals surface area contributed by atoms with Gasteiger partial charge in [-0.3, -0.25) is 4.99 Å². The molecule has 2 aliphatic carbocycles. The molecule has 0 saturated carbocycles. The number of ether oxygens (including phenoxy) is 3. The molecule has 0 amide bonds. The van der Waals surface area contributed by atoms with Crippen LogP contribution < -0.4 is 24.8 Å². The van der Waals surface area contributed by atoms with Gasteiger partial charge in [0.25, 0.3) is 0 Å². The van der Waals surface area contributed by atoms with E-state index < -0.39 is 12.2 Å². The third-order valence-electron chi connectivity index (χ3n) is 9.48. The summed E-state index contributed by atoms with van der Waals surface area (Å²) in [5, 5.41) is 34.7. The van der Waals surface area contributed by atoms with E-state index in [0.29, 0.717) is 42.2 Å². The Morgan fingerprint density at radius 2 is 1.67 bits per heavy atom. The van der Waals surface area contributed by atoms with E-state index in [1.54, 1.807) is 31.4 Å². The summed E-state index contributed by atoms with van der Waals surface area (Å²) in [6, 6.07) is 17.2. The number of methoxy groups -OCH3 is 2. The molecule has 0 saturated heterocycles. The first-order valence-electron chi connectivity index (χ1n) is 14.6. The molecule has 2 aliphatic heterocycles. The van der Waals surface area contributed by atoms with Gasteiger partial charge in [-0.05, 0) is 75.7 Å². The highest BCUT2D eigenvalue weighted by atomic mass is 16.5. The summed E-state index contributed by atoms with van der Waals surface area (Å²) in [5.41, 5.74) is 8.01. The van der Waals surface area contributed by atoms with E-state index in [2.05, 4.69) is 41.4 Å². The minimum atomic E-state index is -0.811. The van der Waals surface area contributed by atoms with E-state index in [1.165, 1.54) is 12.7 Å². The van der Waals surface area contributed by atoms with Gasteiger partial charge in [-0.2, -0.15) is 0 Å². The molecule has 4 aromatic rings. The lowest BCUT2D eigenvalue weighted by Gasteiger charge is -2.40. The number of nitrogens with zero attached hydrogens (tertiary/aromatic N) is 1. The van der Waals surface area contributed by atoms with E-state index in [9.17, 15) is 15.3 Å². The molecule has 0 aromatic heterocycles. The molecular weight excluding hydrogens is 542 g/mol. The van der Waals surface area contributed by atoms with Crippen molar-refractivity contribution < 1.29 is 29.5 Å². The van der Waals surface area contributed by atoms with Crippen LogP contribution in [0.4, 0.5) is 0 Å². The number of aromatic hydroxyl groups is 2. The van der Waals surface area contributed by atoms with Crippen molar-refractivity contribution in [3.8, 4) is 39.9 Å². The van der Waals surface area contributed by atoms with Crippen molar-refractivity contribution in [2.75, 3.05) is 20.8 Å². The fraction of sp³-hybridized carbons (Fsp3) is 0.250. The Hall–Kier alpha value is -4.75. The molecule has 0 fully saturated rings. The van der Waals surface area contributed by atoms with Gasteiger partial charge in [0, 0.05) is 35.1 Å². The van der Waals surface area contributed by atoms with Crippen LogP contribution in [-0.4, -0.2) is 42.2 Å². The second kappa shape index (κ2) is 9.64. The van der Waals surface area contributed by atoms with Crippen LogP contribution in [0.1, 0.15) is 51.3 Å². The summed E-state index contributed by atoms with van der Waals surface area (Å²) < 4.78 is 17.8. The average Bonchev–Trinajstić information content (AvgIpc) is 3.50. The molecule has 4 aliphatic rings. The maximum Gasteiger partial charge on any atom is 0.160 e. The molecule has 3 N–H and O–H groups in total. The first-order chi connectivity index (χ1) is 20.9. The van der Waals surface area contributed by atoms with Crippen LogP contribution in [-0.2, 0) is 12.8 Å². The molecule has 4 aromatic carbocycles. The summed E-state index contributed by atoms with van der Waals surface area (Å²) in [5.74, 6) is 2.16. The Labute approximate surface area is 248 Å². The highest BCUT2D eigenvalue weighted by Gasteiger charge is 2.41. The van der Waals surface area contributed by atoms with Crippen molar-refractivity contribution in [1.82, 2.24) is 0 Å². The first kappa shape index (κ1) is 25.9. The molecule has 2 heterocycles. The van der Waals surface area contributed by atoms with Gasteiger partial charge in [-0.25, -0.2) is 0 Å². The zero-order chi connectivity index (χ0) is 29.4. The van der Waals surface area contributed by atoms with Gasteiger partial charge in [0.2, 0.25) is 0 Å². The summed E-state index contributed by atoms with van der Waals surface area (Å²) in [7, 11) is 3.16. The molecule has 43 heavy (non-hydrogen) atoms. The number of fused-ring (bicyclic) bond motifs is 5. The van der Waals surface area contributed by atoms with Gasteiger partial charge in [0.05, 0.1) is 32.2 Å². The van der Waals surface area contributed by atoms with Crippen LogP contribution in [0.2, 0.25) is 0 Å². The summed E-state index contributed by atoms with van der Waals surface area (Å²) in [6.07, 6.45) is 6.08. The lowest BCUT2D eigenvalue weighted by Crippen LogP contribution is -2.32. The van der Waals surface area contributed by atoms with Crippen LogP contribution in [0, 0.1) is 0 Å². The van der Waals surface area contributed by atoms with Gasteiger partial charge in [-0.15, -0.1) is 0 Å². The van der Waals surface area contributed by atoms with Crippen molar-refractivity contribution in [2.24, 2.45) is 4.99 Å². The predicted octanol–water partition coefficient (Wildman–Crippen LogP) is 4.68. The van der Waals surface area contributed by atoms with Gasteiger partial charge >= 0.3 is 0 Å². The number of phenolic OH excluding ortho intramolecular Hbond substituents is 2. The Kier molecular flexibility index (Phi) is 5.81. The number of aliphatic hydroxyl groups is 1. The minimum Gasteiger partial charge on any atom is -0.507 e. The predicted molar refractivity (Wildman–Crippen MR) is 163 cm³/mol. The van der Waals surface area contributed by atoms with E-state index in [0.717, 1.165) is 44.0 Å². The SMILES string of the molecule is COc1cc([C@H]2Oc3cc(OC)c4c(c3C[C@H]2O)C[C@@H]2c3c-4ccc(O)c3C=C[C@H]2c2ccc3c(c2)=CCN=3)ccc1O. The van der Waals surface area contributed by atoms with Crippen LogP contribution in [0.15, 0.2) is 65.7 Å². The number of benzene rings is 4. The van der Waals surface area contributed by atoms with Crippen LogP contribution in [0.25, 0.3) is 23.3 Å². The first-order valence-corrected chi connectivity index (χ1v) is 14.6. The number of rotatable bonds is 4. The summed E-state index contributed by atoms with van der Waals surface area (Å²) in [6.45, 7) is 0.711. The van der Waals surface area contributed by atoms with Crippen LogP contribution in [0.3, 0.4) is 0 Å². The van der Waals surface area contributed by atoms with Gasteiger partial charge < -0.3 is 29.5 Å². The van der Waals surface area contributed by atoms with Gasteiger partial charge in [0.1, 0.15) is 23.4 Å². The average molecular weight is 574 g/mol. The molecular formula is C36H31NO6. The fourth-order valence-corrected chi connectivity index (χ4v) is 7.48. The van der Waals surface area contributed by atoms with E-state index in [1.807, 2.05) is 12.1 Å². The molecule has 0 spiro atoms. The fourth-order valence-electron chi connectivity index (χ4n) is 7.48. The topological polar surface area (TPSA) is 101 Å². The van der Waals surface area contributed by atoms with Crippen molar-refractivity contribution in [2.45, 2.75) is 36.9 Å². The zero-order valence-electron chi connectivity index (χ0n) is 23.9. The second-order valence-corrected chi connectivity index (χ2v) is 11.7. The van der Waals surface area contributed by atoms with Crippen LogP contribution in [0.5, 0.6) is 28.7 Å². The number of hydrogen-bond donors (Lipinski definition) is 3. The molecule has 0 radical (unpaired) electrons. The highest BCUT2D eigenvalue weighted by molar-refractivity contribution is 5.87. The third kappa shape index (κ3) is 3.88. The quantitative estimate of drug-likeness (QED) is 0.328. The molecule has 0 unspecified atom stereocenters. The van der Waals surface area contributed by atoms with Crippen molar-refractivity contribution in [3.63, 3.8) is 0 Å². The minimum absolute atomic E-state index is 0.0310. The van der Waals surface area contributed by atoms with Crippen molar-refractivity contribution in [1.29, 1.82) is 0 Å². The maximum absolute atomic E-state index is 11.4. The highest BCUT2D eigenvalue weighted by Crippen LogP contribution is 2.57. The lowest BCUT2D eigenvalue weighted by atomic mass is 9.66. The van der Waals surface area contributed by atoms with Gasteiger partial charge in [-0.1, -0.05) is 36.4 Å². The largest absolute Gasteiger partial charge is 0.507 e. The van der Waals surface area contributed by atoms with Crippen molar-refractivity contribution in [3.05, 3.63) is 105 Å². The molecule has 7 nitrogen and oxygen atoms in total. The number of phenols is 2. The smallest absolute Gasteiger partial charge is 0.160 e. The van der Waals surface area contributed by atoms with E-state index >= 15 is 0 Å². The normalized spacial score (nSPS) is 22.2. The molecule has 216 valence electrons. The van der Waals surface area contributed by atoms with E-state index in [-0.39, 0.29) is 23.3 Å². The Bertz CT molecular complexity index is 1980. The maximum atomic E-state index is 11.4. The molecule has 0 bridgehead atoms. The van der Waals surface area contributed by atoms with E-state index in [4.69, 9.17) is 14.2 Å². The molecule has 7 heteroatoms. The Balaban J connectivity index is 1.28. The van der Waals surface area contributed by atoms with Gasteiger partial charge in [0.15, 0.2) is 11.5 Å². The van der Waals surface area contributed by atoms with Crippen LogP contribution >= 0.6 is 0 Å². The molecule has 4 atom stereocenters. The Morgan fingerprint density at radius 1 is 0.860 bits per heavy atom. The monoisotopic (exact) mass is 573 g/mol. The lowest BCUT2D eigenvalue weighted by molar-refractivity contribution is 0.0202. The summed E-state index contributed by atoms with van der Waals surface area (Å²) in [4.78, 5) is 4.57. The van der Waals surface area contributed by atoms with Crippen molar-refractivity contribution >= 4 is 12.2 Å². The Morgan fingerprint density at radius 3 is 2.51 bits per heavy atom. The molecule has 8 rings (SSSR count). The third-order valence-corrected chi connectivity index (χ3v) is 9.48. The summed E-state index contributed by atoms with van der Waals surface area (Å²) >= 11 is 0.